The van der Waals surface area contributed by atoms with Gasteiger partial charge in [-0.25, -0.2) is 9.32 Å². The molecule has 0 saturated carbocycles. The molecule has 7 heteroatoms. The number of hydrogen-bond acceptors (Lipinski definition) is 5. The lowest BCUT2D eigenvalue weighted by molar-refractivity contribution is -0.142. The van der Waals surface area contributed by atoms with E-state index < -0.39 is 14.1 Å². The van der Waals surface area contributed by atoms with Gasteiger partial charge in [-0.2, -0.15) is 0 Å². The second kappa shape index (κ2) is 9.45. The number of allylic oxidation sites excluding steroid dienone is 1. The molecule has 1 atom stereocenters. The first-order valence-electron chi connectivity index (χ1n) is 7.72. The van der Waals surface area contributed by atoms with Crippen molar-refractivity contribution in [2.24, 2.45) is 0 Å². The van der Waals surface area contributed by atoms with Crippen LogP contribution in [0.3, 0.4) is 0 Å². The first-order chi connectivity index (χ1) is 12.2. The minimum atomic E-state index is -2.54. The van der Waals surface area contributed by atoms with Crippen LogP contribution in [0.4, 0.5) is 0 Å². The summed E-state index contributed by atoms with van der Waals surface area (Å²) >= 11 is 0. The summed E-state index contributed by atoms with van der Waals surface area (Å²) in [6.45, 7) is 3.50. The Labute approximate surface area is 147 Å². The Hall–Kier alpha value is -2.85. The first-order valence-corrected chi connectivity index (χ1v) is 8.85. The number of carbonyl (C=O) groups is 1. The number of rotatable bonds is 8. The summed E-state index contributed by atoms with van der Waals surface area (Å²) in [5.74, 6) is 0.150. The maximum Gasteiger partial charge on any atom is 0.733 e. The standard InChI is InChI=1S/C18H19NO5P/c1-3-17(18(20)22-4-2)19(23-15-11-7-5-8-12-15)25(21)24-16-13-9-6-10-14-16/h3,5-14H,4H2,1-2H3/q+1/b17-3-. The van der Waals surface area contributed by atoms with Crippen LogP contribution in [0.25, 0.3) is 0 Å². The zero-order chi connectivity index (χ0) is 18.1. The van der Waals surface area contributed by atoms with Crippen molar-refractivity contribution in [3.05, 3.63) is 72.4 Å². The fourth-order valence-corrected chi connectivity index (χ4v) is 2.78. The number of carbonyl (C=O) groups excluding carboxylic acids is 1. The highest BCUT2D eigenvalue weighted by atomic mass is 31.1. The number of hydroxylamine groups is 1. The molecule has 0 spiro atoms. The van der Waals surface area contributed by atoms with E-state index >= 15 is 0 Å². The molecule has 2 rings (SSSR count). The van der Waals surface area contributed by atoms with Crippen LogP contribution in [0.5, 0.6) is 11.5 Å². The van der Waals surface area contributed by atoms with Crippen molar-refractivity contribution in [3.8, 4) is 11.5 Å². The third kappa shape index (κ3) is 5.33. The predicted octanol–water partition coefficient (Wildman–Crippen LogP) is 4.49. The fourth-order valence-electron chi connectivity index (χ4n) is 1.87. The van der Waals surface area contributed by atoms with Crippen molar-refractivity contribution in [2.45, 2.75) is 13.8 Å². The Bertz CT molecular complexity index is 734. The lowest BCUT2D eigenvalue weighted by Gasteiger charge is -2.14. The summed E-state index contributed by atoms with van der Waals surface area (Å²) in [4.78, 5) is 18.7. The van der Waals surface area contributed by atoms with E-state index in [1.54, 1.807) is 62.4 Å². The number of para-hydroxylation sites is 2. The first kappa shape index (κ1) is 18.5. The van der Waals surface area contributed by atoms with E-state index in [4.69, 9.17) is 14.1 Å². The molecular weight excluding hydrogens is 341 g/mol. The van der Waals surface area contributed by atoms with E-state index in [9.17, 15) is 9.36 Å². The topological polar surface area (TPSA) is 65.1 Å². The van der Waals surface area contributed by atoms with Crippen molar-refractivity contribution < 1.29 is 23.5 Å². The van der Waals surface area contributed by atoms with Crippen LogP contribution in [0.15, 0.2) is 72.4 Å². The van der Waals surface area contributed by atoms with E-state index in [0.29, 0.717) is 11.5 Å². The van der Waals surface area contributed by atoms with Gasteiger partial charge in [0.1, 0.15) is 0 Å². The Morgan fingerprint density at radius 2 is 1.60 bits per heavy atom. The molecule has 25 heavy (non-hydrogen) atoms. The summed E-state index contributed by atoms with van der Waals surface area (Å²) in [5.41, 5.74) is -0.0113. The quantitative estimate of drug-likeness (QED) is 0.299. The zero-order valence-electron chi connectivity index (χ0n) is 14.0. The molecule has 0 aliphatic rings. The third-order valence-corrected chi connectivity index (χ3v) is 3.93. The molecule has 0 heterocycles. The zero-order valence-corrected chi connectivity index (χ0v) is 14.9. The summed E-state index contributed by atoms with van der Waals surface area (Å²) in [5, 5.41) is 0. The van der Waals surface area contributed by atoms with Crippen LogP contribution in [0, 0.1) is 0 Å². The molecule has 0 bridgehead atoms. The predicted molar refractivity (Wildman–Crippen MR) is 94.0 cm³/mol. The van der Waals surface area contributed by atoms with Gasteiger partial charge in [0, 0.05) is 4.57 Å². The van der Waals surface area contributed by atoms with Gasteiger partial charge < -0.3 is 9.57 Å². The van der Waals surface area contributed by atoms with Gasteiger partial charge in [0.2, 0.25) is 5.70 Å². The highest BCUT2D eigenvalue weighted by Crippen LogP contribution is 2.35. The minimum Gasteiger partial charge on any atom is -0.461 e. The summed E-state index contributed by atoms with van der Waals surface area (Å²) in [6.07, 6.45) is 1.46. The molecule has 0 aliphatic carbocycles. The lowest BCUT2D eigenvalue weighted by atomic mass is 10.3. The van der Waals surface area contributed by atoms with Crippen LogP contribution >= 0.6 is 8.18 Å². The van der Waals surface area contributed by atoms with E-state index in [0.717, 1.165) is 4.83 Å². The van der Waals surface area contributed by atoms with Crippen molar-refractivity contribution >= 4 is 14.1 Å². The maximum absolute atomic E-state index is 12.7. The molecule has 2 aromatic carbocycles. The molecule has 0 fully saturated rings. The monoisotopic (exact) mass is 360 g/mol. The maximum atomic E-state index is 12.7. The average molecular weight is 360 g/mol. The SMILES string of the molecule is C/C=C(/C(=O)OCC)N(Oc1ccccc1)[P+](=O)Oc1ccccc1. The second-order valence-corrected chi connectivity index (χ2v) is 5.74. The normalized spacial score (nSPS) is 11.4. The highest BCUT2D eigenvalue weighted by molar-refractivity contribution is 7.36. The summed E-state index contributed by atoms with van der Waals surface area (Å²) in [6, 6.07) is 17.3. The largest absolute Gasteiger partial charge is 0.733 e. The molecule has 0 aliphatic heterocycles. The molecule has 0 saturated heterocycles. The van der Waals surface area contributed by atoms with Crippen molar-refractivity contribution in [3.63, 3.8) is 0 Å². The van der Waals surface area contributed by atoms with Gasteiger partial charge in [-0.05, 0) is 44.2 Å². The van der Waals surface area contributed by atoms with E-state index in [2.05, 4.69) is 0 Å². The molecule has 6 nitrogen and oxygen atoms in total. The van der Waals surface area contributed by atoms with Crippen molar-refractivity contribution in [1.29, 1.82) is 0 Å². The van der Waals surface area contributed by atoms with E-state index in [-0.39, 0.29) is 12.3 Å². The molecular formula is C18H19NO5P+. The highest BCUT2D eigenvalue weighted by Gasteiger charge is 2.40. The lowest BCUT2D eigenvalue weighted by Crippen LogP contribution is -2.27. The molecule has 0 amide bonds. The van der Waals surface area contributed by atoms with Gasteiger partial charge in [-0.1, -0.05) is 36.4 Å². The van der Waals surface area contributed by atoms with E-state index in [1.165, 1.54) is 6.08 Å². The molecule has 2 aromatic rings. The molecule has 130 valence electrons. The number of nitrogens with zero attached hydrogens (tertiary/aromatic N) is 1. The van der Waals surface area contributed by atoms with Gasteiger partial charge in [0.25, 0.3) is 0 Å². The van der Waals surface area contributed by atoms with Crippen LogP contribution < -0.4 is 9.36 Å². The van der Waals surface area contributed by atoms with Crippen LogP contribution in [-0.4, -0.2) is 17.4 Å². The molecule has 0 radical (unpaired) electrons. The van der Waals surface area contributed by atoms with Crippen LogP contribution in [-0.2, 0) is 14.1 Å². The van der Waals surface area contributed by atoms with Gasteiger partial charge in [0.05, 0.1) is 11.4 Å². The van der Waals surface area contributed by atoms with Crippen LogP contribution in [0.1, 0.15) is 13.8 Å². The van der Waals surface area contributed by atoms with Crippen LogP contribution in [0.2, 0.25) is 0 Å². The number of benzene rings is 2. The van der Waals surface area contributed by atoms with Crippen molar-refractivity contribution in [1.82, 2.24) is 4.83 Å². The Balaban J connectivity index is 2.27. The molecule has 0 aromatic heterocycles. The minimum absolute atomic E-state index is 0.0113. The summed E-state index contributed by atoms with van der Waals surface area (Å²) < 4.78 is 23.1. The smallest absolute Gasteiger partial charge is 0.461 e. The third-order valence-electron chi connectivity index (χ3n) is 2.97. The van der Waals surface area contributed by atoms with Gasteiger partial charge in [-0.15, -0.1) is 0 Å². The number of hydrogen-bond donors (Lipinski definition) is 0. The van der Waals surface area contributed by atoms with Gasteiger partial charge in [0.15, 0.2) is 11.5 Å². The molecule has 0 N–H and O–H groups in total. The number of esters is 1. The Morgan fingerprint density at radius 3 is 2.12 bits per heavy atom. The Kier molecular flexibility index (Phi) is 6.99. The Morgan fingerprint density at radius 1 is 1.04 bits per heavy atom. The molecule has 1 unspecified atom stereocenters. The van der Waals surface area contributed by atoms with Crippen molar-refractivity contribution in [2.75, 3.05) is 6.61 Å². The van der Waals surface area contributed by atoms with Gasteiger partial charge in [-0.3, -0.25) is 0 Å². The fraction of sp³-hybridized carbons (Fsp3) is 0.167. The van der Waals surface area contributed by atoms with Gasteiger partial charge >= 0.3 is 14.1 Å². The average Bonchev–Trinajstić information content (AvgIpc) is 2.63. The van der Waals surface area contributed by atoms with E-state index in [1.807, 2.05) is 12.1 Å². The number of ether oxygens (including phenoxy) is 1. The summed E-state index contributed by atoms with van der Waals surface area (Å²) in [7, 11) is -2.54. The second-order valence-electron chi connectivity index (χ2n) is 4.71.